The normalized spacial score (nSPS) is 13.1. The fourth-order valence-electron chi connectivity index (χ4n) is 2.54. The summed E-state index contributed by atoms with van der Waals surface area (Å²) in [4.78, 5) is 12.1. The maximum atomic E-state index is 12.1. The van der Waals surface area contributed by atoms with Crippen LogP contribution in [0.2, 0.25) is 0 Å². The minimum atomic E-state index is -0.656. The van der Waals surface area contributed by atoms with Crippen LogP contribution in [0, 0.1) is 6.92 Å². The van der Waals surface area contributed by atoms with Gasteiger partial charge in [-0.2, -0.15) is 0 Å². The predicted octanol–water partition coefficient (Wildman–Crippen LogP) is 3.04. The van der Waals surface area contributed by atoms with E-state index in [1.165, 1.54) is 0 Å². The molecule has 25 heavy (non-hydrogen) atoms. The fraction of sp³-hybridized carbons (Fsp3) is 0.350. The molecule has 2 aromatic rings. The SMILES string of the molecule is COc1cccc(C(O)CNC(C)CC(=O)Nc2ccccc2C)c1. The van der Waals surface area contributed by atoms with Crippen molar-refractivity contribution >= 4 is 11.6 Å². The molecule has 0 saturated carbocycles. The number of methoxy groups -OCH3 is 1. The third-order valence-corrected chi connectivity index (χ3v) is 4.05. The monoisotopic (exact) mass is 342 g/mol. The lowest BCUT2D eigenvalue weighted by Crippen LogP contribution is -2.33. The van der Waals surface area contributed by atoms with E-state index in [0.29, 0.717) is 18.7 Å². The van der Waals surface area contributed by atoms with Crippen molar-refractivity contribution < 1.29 is 14.6 Å². The molecule has 0 aliphatic rings. The van der Waals surface area contributed by atoms with E-state index in [4.69, 9.17) is 4.74 Å². The van der Waals surface area contributed by atoms with E-state index in [-0.39, 0.29) is 11.9 Å². The predicted molar refractivity (Wildman–Crippen MR) is 99.8 cm³/mol. The lowest BCUT2D eigenvalue weighted by atomic mass is 10.1. The molecule has 0 aliphatic carbocycles. The molecule has 2 rings (SSSR count). The molecule has 0 fully saturated rings. The smallest absolute Gasteiger partial charge is 0.225 e. The average molecular weight is 342 g/mol. The maximum absolute atomic E-state index is 12.1. The van der Waals surface area contributed by atoms with Crippen LogP contribution in [0.4, 0.5) is 5.69 Å². The van der Waals surface area contributed by atoms with Gasteiger partial charge in [-0.15, -0.1) is 0 Å². The molecule has 0 radical (unpaired) electrons. The highest BCUT2D eigenvalue weighted by Crippen LogP contribution is 2.19. The number of aliphatic hydroxyl groups excluding tert-OH is 1. The van der Waals surface area contributed by atoms with Gasteiger partial charge in [-0.3, -0.25) is 4.79 Å². The fourth-order valence-corrected chi connectivity index (χ4v) is 2.54. The van der Waals surface area contributed by atoms with Crippen molar-refractivity contribution in [2.24, 2.45) is 0 Å². The van der Waals surface area contributed by atoms with Gasteiger partial charge in [0.2, 0.25) is 5.91 Å². The van der Waals surface area contributed by atoms with E-state index >= 15 is 0 Å². The van der Waals surface area contributed by atoms with Crippen molar-refractivity contribution in [3.8, 4) is 5.75 Å². The number of ether oxygens (including phenoxy) is 1. The van der Waals surface area contributed by atoms with Gasteiger partial charge in [0.15, 0.2) is 0 Å². The summed E-state index contributed by atoms with van der Waals surface area (Å²) in [5, 5.41) is 16.4. The first-order valence-corrected chi connectivity index (χ1v) is 8.40. The minimum absolute atomic E-state index is 0.0508. The number of para-hydroxylation sites is 1. The molecule has 0 heterocycles. The average Bonchev–Trinajstić information content (AvgIpc) is 2.61. The van der Waals surface area contributed by atoms with Crippen LogP contribution in [0.15, 0.2) is 48.5 Å². The Bertz CT molecular complexity index is 703. The molecule has 1 amide bonds. The van der Waals surface area contributed by atoms with Crippen LogP contribution in [0.5, 0.6) is 5.75 Å². The van der Waals surface area contributed by atoms with Gasteiger partial charge in [-0.25, -0.2) is 0 Å². The number of carbonyl (C=O) groups excluding carboxylic acids is 1. The Labute approximate surface area is 149 Å². The Morgan fingerprint density at radius 3 is 2.68 bits per heavy atom. The number of aliphatic hydroxyl groups is 1. The highest BCUT2D eigenvalue weighted by molar-refractivity contribution is 5.91. The zero-order valence-electron chi connectivity index (χ0n) is 15.0. The molecule has 0 bridgehead atoms. The summed E-state index contributed by atoms with van der Waals surface area (Å²) in [7, 11) is 1.60. The first kappa shape index (κ1) is 19.0. The van der Waals surface area contributed by atoms with Gasteiger partial charge in [0, 0.05) is 24.7 Å². The Morgan fingerprint density at radius 2 is 1.96 bits per heavy atom. The molecule has 3 N–H and O–H groups in total. The molecule has 2 atom stereocenters. The third kappa shape index (κ3) is 5.89. The van der Waals surface area contributed by atoms with Crippen LogP contribution >= 0.6 is 0 Å². The molecular formula is C20H26N2O3. The Balaban J connectivity index is 1.80. The second-order valence-corrected chi connectivity index (χ2v) is 6.17. The molecular weight excluding hydrogens is 316 g/mol. The lowest BCUT2D eigenvalue weighted by molar-refractivity contribution is -0.116. The molecule has 5 heteroatoms. The van der Waals surface area contributed by atoms with Gasteiger partial charge >= 0.3 is 0 Å². The van der Waals surface area contributed by atoms with Crippen LogP contribution in [0.3, 0.4) is 0 Å². The van der Waals surface area contributed by atoms with E-state index in [0.717, 1.165) is 16.8 Å². The van der Waals surface area contributed by atoms with Crippen LogP contribution < -0.4 is 15.4 Å². The second kappa shape index (κ2) is 9.20. The van der Waals surface area contributed by atoms with Crippen molar-refractivity contribution in [2.75, 3.05) is 19.0 Å². The summed E-state index contributed by atoms with van der Waals surface area (Å²) >= 11 is 0. The second-order valence-electron chi connectivity index (χ2n) is 6.17. The number of benzene rings is 2. The quantitative estimate of drug-likeness (QED) is 0.690. The number of carbonyl (C=O) groups is 1. The van der Waals surface area contributed by atoms with Gasteiger partial charge in [-0.05, 0) is 43.2 Å². The van der Waals surface area contributed by atoms with Crippen LogP contribution in [0.1, 0.15) is 30.6 Å². The molecule has 2 unspecified atom stereocenters. The first-order chi connectivity index (χ1) is 12.0. The summed E-state index contributed by atoms with van der Waals surface area (Å²) < 4.78 is 5.17. The Kier molecular flexibility index (Phi) is 6.98. The largest absolute Gasteiger partial charge is 0.497 e. The van der Waals surface area contributed by atoms with Gasteiger partial charge in [0.25, 0.3) is 0 Å². The van der Waals surface area contributed by atoms with Gasteiger partial charge in [0.05, 0.1) is 13.2 Å². The highest BCUT2D eigenvalue weighted by atomic mass is 16.5. The Morgan fingerprint density at radius 1 is 1.20 bits per heavy atom. The van der Waals surface area contributed by atoms with Gasteiger partial charge in [0.1, 0.15) is 5.75 Å². The Hall–Kier alpha value is -2.37. The van der Waals surface area contributed by atoms with Crippen LogP contribution in [-0.2, 0) is 4.79 Å². The van der Waals surface area contributed by atoms with E-state index in [9.17, 15) is 9.90 Å². The summed E-state index contributed by atoms with van der Waals surface area (Å²) in [6.07, 6.45) is -0.323. The zero-order chi connectivity index (χ0) is 18.2. The van der Waals surface area contributed by atoms with Crippen molar-refractivity contribution in [1.29, 1.82) is 0 Å². The highest BCUT2D eigenvalue weighted by Gasteiger charge is 2.13. The van der Waals surface area contributed by atoms with E-state index in [2.05, 4.69) is 10.6 Å². The van der Waals surface area contributed by atoms with Crippen molar-refractivity contribution in [3.05, 3.63) is 59.7 Å². The molecule has 2 aromatic carbocycles. The number of hydrogen-bond acceptors (Lipinski definition) is 4. The molecule has 5 nitrogen and oxygen atoms in total. The topological polar surface area (TPSA) is 70.6 Å². The van der Waals surface area contributed by atoms with Crippen LogP contribution in [-0.4, -0.2) is 30.7 Å². The summed E-state index contributed by atoms with van der Waals surface area (Å²) in [5.41, 5.74) is 2.64. The number of rotatable bonds is 8. The van der Waals surface area contributed by atoms with Crippen molar-refractivity contribution in [1.82, 2.24) is 5.32 Å². The number of nitrogens with one attached hydrogen (secondary N) is 2. The van der Waals surface area contributed by atoms with Crippen molar-refractivity contribution in [2.45, 2.75) is 32.4 Å². The minimum Gasteiger partial charge on any atom is -0.497 e. The summed E-state index contributed by atoms with van der Waals surface area (Å²) in [6.45, 7) is 4.25. The number of amides is 1. The van der Waals surface area contributed by atoms with E-state index < -0.39 is 6.10 Å². The maximum Gasteiger partial charge on any atom is 0.225 e. The summed E-state index contributed by atoms with van der Waals surface area (Å²) in [5.74, 6) is 0.660. The number of hydrogen-bond donors (Lipinski definition) is 3. The number of aryl methyl sites for hydroxylation is 1. The molecule has 0 saturated heterocycles. The van der Waals surface area contributed by atoms with Gasteiger partial charge in [-0.1, -0.05) is 30.3 Å². The number of anilines is 1. The zero-order valence-corrected chi connectivity index (χ0v) is 15.0. The van der Waals surface area contributed by atoms with E-state index in [1.807, 2.05) is 62.4 Å². The first-order valence-electron chi connectivity index (χ1n) is 8.40. The van der Waals surface area contributed by atoms with Crippen LogP contribution in [0.25, 0.3) is 0 Å². The molecule has 0 spiro atoms. The molecule has 134 valence electrons. The van der Waals surface area contributed by atoms with Crippen molar-refractivity contribution in [3.63, 3.8) is 0 Å². The van der Waals surface area contributed by atoms with E-state index in [1.54, 1.807) is 7.11 Å². The van der Waals surface area contributed by atoms with Gasteiger partial charge < -0.3 is 20.5 Å². The standard InChI is InChI=1S/C20H26N2O3/c1-14-7-4-5-10-18(14)22-20(24)11-15(2)21-13-19(23)16-8-6-9-17(12-16)25-3/h4-10,12,15,19,21,23H,11,13H2,1-3H3,(H,22,24). The third-order valence-electron chi connectivity index (χ3n) is 4.05. The molecule has 0 aromatic heterocycles. The molecule has 0 aliphatic heterocycles. The summed E-state index contributed by atoms with van der Waals surface area (Å²) in [6, 6.07) is 15.0. The lowest BCUT2D eigenvalue weighted by Gasteiger charge is -2.18.